The quantitative estimate of drug-likeness (QED) is 0.751. The molecule has 0 aromatic carbocycles. The molecule has 68 valence electrons. The maximum atomic E-state index is 8.94. The van der Waals surface area contributed by atoms with Crippen molar-refractivity contribution in [3.8, 4) is 0 Å². The first kappa shape index (κ1) is 9.26. The van der Waals surface area contributed by atoms with Crippen molar-refractivity contribution in [3.05, 3.63) is 17.8 Å². The molecule has 0 amide bonds. The van der Waals surface area contributed by atoms with Crippen LogP contribution >= 0.6 is 0 Å². The van der Waals surface area contributed by atoms with Crippen molar-refractivity contribution in [2.45, 2.75) is 39.2 Å². The van der Waals surface area contributed by atoms with Crippen LogP contribution in [-0.4, -0.2) is 10.1 Å². The molecule has 1 aromatic heterocycles. The molecule has 0 aliphatic rings. The molecule has 0 fully saturated rings. The Labute approximate surface area is 72.4 Å². The number of hydrogen-bond acceptors (Lipinski definition) is 3. The van der Waals surface area contributed by atoms with Crippen molar-refractivity contribution >= 4 is 0 Å². The van der Waals surface area contributed by atoms with Crippen LogP contribution in [0.5, 0.6) is 0 Å². The predicted molar refractivity (Wildman–Crippen MR) is 45.7 cm³/mol. The van der Waals surface area contributed by atoms with Crippen LogP contribution in [0.3, 0.4) is 0 Å². The Morgan fingerprint density at radius 3 is 2.75 bits per heavy atom. The van der Waals surface area contributed by atoms with Crippen LogP contribution in [0.15, 0.2) is 10.8 Å². The highest BCUT2D eigenvalue weighted by atomic mass is 16.3. The third-order valence-electron chi connectivity index (χ3n) is 2.29. The first-order chi connectivity index (χ1) is 5.61. The van der Waals surface area contributed by atoms with E-state index in [0.717, 1.165) is 12.2 Å². The van der Waals surface area contributed by atoms with Crippen LogP contribution in [0.4, 0.5) is 0 Å². The predicted octanol–water partition coefficient (Wildman–Crippen LogP) is 1.85. The van der Waals surface area contributed by atoms with Gasteiger partial charge >= 0.3 is 0 Å². The molecule has 0 spiro atoms. The lowest BCUT2D eigenvalue weighted by Gasteiger charge is -2.19. The second-order valence-corrected chi connectivity index (χ2v) is 3.52. The highest BCUT2D eigenvalue weighted by Gasteiger charge is 2.25. The van der Waals surface area contributed by atoms with E-state index in [2.05, 4.69) is 25.8 Å². The Kier molecular flexibility index (Phi) is 2.52. The Morgan fingerprint density at radius 1 is 1.58 bits per heavy atom. The van der Waals surface area contributed by atoms with Crippen molar-refractivity contribution in [3.63, 3.8) is 0 Å². The Bertz CT molecular complexity index is 253. The third-order valence-corrected chi connectivity index (χ3v) is 2.29. The van der Waals surface area contributed by atoms with Gasteiger partial charge in [0.1, 0.15) is 11.5 Å². The molecule has 0 aliphatic heterocycles. The largest absolute Gasteiger partial charge is 0.448 e. The Balaban J connectivity index is 3.00. The summed E-state index contributed by atoms with van der Waals surface area (Å²) >= 11 is 0. The fraction of sp³-hybridized carbons (Fsp3) is 0.667. The maximum Gasteiger partial charge on any atom is 0.181 e. The number of nitrogens with zero attached hydrogens (tertiary/aromatic N) is 1. The van der Waals surface area contributed by atoms with E-state index in [9.17, 15) is 0 Å². The average Bonchev–Trinajstić information content (AvgIpc) is 2.52. The number of oxazole rings is 1. The minimum absolute atomic E-state index is 0.0332. The lowest BCUT2D eigenvalue weighted by Crippen LogP contribution is -2.16. The van der Waals surface area contributed by atoms with E-state index >= 15 is 0 Å². The first-order valence-corrected chi connectivity index (χ1v) is 4.15. The van der Waals surface area contributed by atoms with E-state index in [0.29, 0.717) is 5.69 Å². The molecule has 1 heterocycles. The van der Waals surface area contributed by atoms with Gasteiger partial charge in [-0.1, -0.05) is 20.8 Å². The lowest BCUT2D eigenvalue weighted by atomic mass is 9.86. The number of hydrogen-bond donors (Lipinski definition) is 1. The summed E-state index contributed by atoms with van der Waals surface area (Å²) < 4.78 is 5.24. The highest BCUT2D eigenvalue weighted by Crippen LogP contribution is 2.28. The molecule has 0 unspecified atom stereocenters. The molecule has 0 saturated carbocycles. The zero-order valence-corrected chi connectivity index (χ0v) is 7.79. The normalized spacial score (nSPS) is 12.0. The van der Waals surface area contributed by atoms with Gasteiger partial charge in [0.25, 0.3) is 0 Å². The van der Waals surface area contributed by atoms with Gasteiger partial charge in [-0.3, -0.25) is 0 Å². The van der Waals surface area contributed by atoms with Gasteiger partial charge in [-0.2, -0.15) is 0 Å². The zero-order valence-electron chi connectivity index (χ0n) is 7.79. The molecular weight excluding hydrogens is 154 g/mol. The van der Waals surface area contributed by atoms with Gasteiger partial charge in [-0.05, 0) is 6.42 Å². The van der Waals surface area contributed by atoms with Crippen molar-refractivity contribution in [1.82, 2.24) is 4.98 Å². The van der Waals surface area contributed by atoms with Crippen molar-refractivity contribution in [1.29, 1.82) is 0 Å². The maximum absolute atomic E-state index is 8.94. The van der Waals surface area contributed by atoms with E-state index in [1.54, 1.807) is 0 Å². The van der Waals surface area contributed by atoms with E-state index in [1.807, 2.05) is 0 Å². The SMILES string of the molecule is CCC(C)(C)c1ocnc1CO. The Morgan fingerprint density at radius 2 is 2.25 bits per heavy atom. The topological polar surface area (TPSA) is 46.3 Å². The number of aliphatic hydroxyl groups excluding tert-OH is 1. The standard InChI is InChI=1S/C9H15NO2/c1-4-9(2,3)8-7(5-11)10-6-12-8/h6,11H,4-5H2,1-3H3. The number of aliphatic hydroxyl groups is 1. The summed E-state index contributed by atoms with van der Waals surface area (Å²) in [5, 5.41) is 8.94. The van der Waals surface area contributed by atoms with E-state index in [-0.39, 0.29) is 12.0 Å². The van der Waals surface area contributed by atoms with Gasteiger partial charge in [0, 0.05) is 5.41 Å². The van der Waals surface area contributed by atoms with Crippen molar-refractivity contribution in [2.75, 3.05) is 0 Å². The van der Waals surface area contributed by atoms with E-state index in [1.165, 1.54) is 6.39 Å². The molecule has 12 heavy (non-hydrogen) atoms. The minimum Gasteiger partial charge on any atom is -0.448 e. The third kappa shape index (κ3) is 1.50. The first-order valence-electron chi connectivity index (χ1n) is 4.15. The van der Waals surface area contributed by atoms with Crippen molar-refractivity contribution < 1.29 is 9.52 Å². The van der Waals surface area contributed by atoms with Crippen LogP contribution in [0.25, 0.3) is 0 Å². The lowest BCUT2D eigenvalue weighted by molar-refractivity contribution is 0.267. The molecule has 1 rings (SSSR count). The monoisotopic (exact) mass is 169 g/mol. The molecule has 0 aliphatic carbocycles. The summed E-state index contributed by atoms with van der Waals surface area (Å²) in [6, 6.07) is 0. The second-order valence-electron chi connectivity index (χ2n) is 3.52. The number of rotatable bonds is 3. The molecule has 0 bridgehead atoms. The molecule has 0 saturated heterocycles. The number of aromatic nitrogens is 1. The molecular formula is C9H15NO2. The van der Waals surface area contributed by atoms with Gasteiger partial charge in [-0.15, -0.1) is 0 Å². The van der Waals surface area contributed by atoms with Crippen LogP contribution in [0.1, 0.15) is 38.6 Å². The molecule has 3 heteroatoms. The summed E-state index contributed by atoms with van der Waals surface area (Å²) in [7, 11) is 0. The summed E-state index contributed by atoms with van der Waals surface area (Å²) in [6.07, 6.45) is 2.35. The fourth-order valence-electron chi connectivity index (χ4n) is 1.09. The van der Waals surface area contributed by atoms with E-state index < -0.39 is 0 Å². The molecule has 1 N–H and O–H groups in total. The van der Waals surface area contributed by atoms with Crippen LogP contribution in [-0.2, 0) is 12.0 Å². The molecule has 0 radical (unpaired) electrons. The van der Waals surface area contributed by atoms with Gasteiger partial charge < -0.3 is 9.52 Å². The Hall–Kier alpha value is -0.830. The zero-order chi connectivity index (χ0) is 9.19. The summed E-state index contributed by atoms with van der Waals surface area (Å²) in [6.45, 7) is 6.19. The van der Waals surface area contributed by atoms with E-state index in [4.69, 9.17) is 9.52 Å². The second kappa shape index (κ2) is 3.27. The summed E-state index contributed by atoms with van der Waals surface area (Å²) in [5.41, 5.74) is 0.621. The summed E-state index contributed by atoms with van der Waals surface area (Å²) in [4.78, 5) is 3.93. The van der Waals surface area contributed by atoms with Gasteiger partial charge in [-0.25, -0.2) is 4.98 Å². The summed E-state index contributed by atoms with van der Waals surface area (Å²) in [5.74, 6) is 0.799. The molecule has 1 aromatic rings. The van der Waals surface area contributed by atoms with Crippen LogP contribution < -0.4 is 0 Å². The minimum atomic E-state index is -0.0464. The van der Waals surface area contributed by atoms with Crippen LogP contribution in [0, 0.1) is 0 Å². The van der Waals surface area contributed by atoms with Crippen molar-refractivity contribution in [2.24, 2.45) is 0 Å². The highest BCUT2D eigenvalue weighted by molar-refractivity contribution is 5.16. The van der Waals surface area contributed by atoms with Gasteiger partial charge in [0.15, 0.2) is 6.39 Å². The van der Waals surface area contributed by atoms with Gasteiger partial charge in [0.05, 0.1) is 6.61 Å². The fourth-order valence-corrected chi connectivity index (χ4v) is 1.09. The smallest absolute Gasteiger partial charge is 0.181 e. The molecule has 3 nitrogen and oxygen atoms in total. The average molecular weight is 169 g/mol. The van der Waals surface area contributed by atoms with Gasteiger partial charge in [0.2, 0.25) is 0 Å². The molecule has 0 atom stereocenters. The van der Waals surface area contributed by atoms with Crippen LogP contribution in [0.2, 0.25) is 0 Å².